The Labute approximate surface area is 220 Å². The first kappa shape index (κ1) is 27.5. The van der Waals surface area contributed by atoms with Gasteiger partial charge in [0.2, 0.25) is 0 Å². The fourth-order valence-electron chi connectivity index (χ4n) is 4.27. The molecule has 4 rings (SSSR count). The monoisotopic (exact) mass is 506 g/mol. The highest BCUT2D eigenvalue weighted by atomic mass is 16.7. The molecule has 1 N–H and O–H groups in total. The summed E-state index contributed by atoms with van der Waals surface area (Å²) >= 11 is 0. The average molecular weight is 507 g/mol. The second-order valence-corrected chi connectivity index (χ2v) is 10.3. The Bertz CT molecular complexity index is 1040. The molecular formula is C31H38O6. The second-order valence-electron chi connectivity index (χ2n) is 10.3. The molecule has 1 fully saturated rings. The highest BCUT2D eigenvalue weighted by Gasteiger charge is 2.48. The van der Waals surface area contributed by atoms with Gasteiger partial charge in [-0.15, -0.1) is 0 Å². The fraction of sp³-hybridized carbons (Fsp3) is 0.419. The van der Waals surface area contributed by atoms with Crippen LogP contribution < -0.4 is 0 Å². The zero-order valence-corrected chi connectivity index (χ0v) is 21.9. The molecule has 6 nitrogen and oxygen atoms in total. The first-order valence-corrected chi connectivity index (χ1v) is 12.8. The van der Waals surface area contributed by atoms with Crippen LogP contribution >= 0.6 is 0 Å². The number of benzene rings is 3. The van der Waals surface area contributed by atoms with E-state index in [1.54, 1.807) is 0 Å². The molecule has 0 spiro atoms. The van der Waals surface area contributed by atoms with Gasteiger partial charge in [-0.3, -0.25) is 0 Å². The van der Waals surface area contributed by atoms with E-state index >= 15 is 0 Å². The minimum Gasteiger partial charge on any atom is -0.385 e. The maximum Gasteiger partial charge on any atom is 0.187 e. The number of hydrogen-bond acceptors (Lipinski definition) is 6. The topological polar surface area (TPSA) is 66.4 Å². The molecule has 5 atom stereocenters. The maximum atomic E-state index is 11.4. The van der Waals surface area contributed by atoms with E-state index in [1.807, 2.05) is 112 Å². The maximum absolute atomic E-state index is 11.4. The van der Waals surface area contributed by atoms with Crippen molar-refractivity contribution in [1.29, 1.82) is 0 Å². The summed E-state index contributed by atoms with van der Waals surface area (Å²) in [6.45, 7) is 7.18. The Balaban J connectivity index is 1.54. The van der Waals surface area contributed by atoms with Gasteiger partial charge in [-0.05, 0) is 37.5 Å². The quantitative estimate of drug-likeness (QED) is 0.382. The lowest BCUT2D eigenvalue weighted by Gasteiger charge is -2.45. The van der Waals surface area contributed by atoms with Gasteiger partial charge in [0.1, 0.15) is 24.4 Å². The van der Waals surface area contributed by atoms with Crippen LogP contribution in [0.3, 0.4) is 0 Å². The van der Waals surface area contributed by atoms with E-state index < -0.39 is 36.3 Å². The molecule has 6 heteroatoms. The van der Waals surface area contributed by atoms with Crippen LogP contribution in [-0.2, 0) is 43.5 Å². The summed E-state index contributed by atoms with van der Waals surface area (Å²) in [6.07, 6.45) is -3.70. The zero-order valence-electron chi connectivity index (χ0n) is 21.9. The largest absolute Gasteiger partial charge is 0.385 e. The molecule has 0 radical (unpaired) electrons. The highest BCUT2D eigenvalue weighted by molar-refractivity contribution is 5.15. The number of hydrogen-bond donors (Lipinski definition) is 1. The van der Waals surface area contributed by atoms with E-state index in [4.69, 9.17) is 23.7 Å². The van der Waals surface area contributed by atoms with Crippen LogP contribution in [0, 0.1) is 0 Å². The van der Waals surface area contributed by atoms with E-state index in [0.717, 1.165) is 16.7 Å². The minimum atomic E-state index is -1.05. The molecule has 1 saturated heterocycles. The fourth-order valence-corrected chi connectivity index (χ4v) is 4.27. The summed E-state index contributed by atoms with van der Waals surface area (Å²) in [5.41, 5.74) is 2.58. The van der Waals surface area contributed by atoms with Crippen LogP contribution in [0.25, 0.3) is 0 Å². The highest BCUT2D eigenvalue weighted by Crippen LogP contribution is 2.31. The second kappa shape index (κ2) is 13.3. The summed E-state index contributed by atoms with van der Waals surface area (Å²) in [5.74, 6) is 0. The molecule has 37 heavy (non-hydrogen) atoms. The predicted octanol–water partition coefficient (Wildman–Crippen LogP) is 5.27. The molecule has 3 aromatic rings. The predicted molar refractivity (Wildman–Crippen MR) is 142 cm³/mol. The van der Waals surface area contributed by atoms with Crippen molar-refractivity contribution >= 4 is 0 Å². The Morgan fingerprint density at radius 1 is 0.676 bits per heavy atom. The van der Waals surface area contributed by atoms with Crippen LogP contribution in [0.15, 0.2) is 91.0 Å². The molecule has 0 aliphatic carbocycles. The lowest BCUT2D eigenvalue weighted by molar-refractivity contribution is -0.335. The normalized spacial score (nSPS) is 24.2. The zero-order chi connectivity index (χ0) is 26.1. The third-order valence-corrected chi connectivity index (χ3v) is 6.05. The standard InChI is InChI=1S/C31H38O6/c1-31(2,3)37-30-27(32)29(35-21-25-17-11-6-12-18-25)28(34-20-24-15-9-5-10-16-24)26(36-30)22-33-19-23-13-7-4-8-14-23/h4-18,26-30,32H,19-22H2,1-3H3/t26-,27+,28-,29-,30+/m1/s1. The summed E-state index contributed by atoms with van der Waals surface area (Å²) in [4.78, 5) is 0. The number of rotatable bonds is 11. The smallest absolute Gasteiger partial charge is 0.187 e. The van der Waals surface area contributed by atoms with Gasteiger partial charge >= 0.3 is 0 Å². The molecule has 0 saturated carbocycles. The van der Waals surface area contributed by atoms with Crippen molar-refractivity contribution in [1.82, 2.24) is 0 Å². The van der Waals surface area contributed by atoms with Crippen molar-refractivity contribution in [3.05, 3.63) is 108 Å². The van der Waals surface area contributed by atoms with Crippen molar-refractivity contribution in [2.45, 2.75) is 76.9 Å². The molecule has 198 valence electrons. The van der Waals surface area contributed by atoms with Crippen molar-refractivity contribution in [2.75, 3.05) is 6.61 Å². The molecule has 0 bridgehead atoms. The van der Waals surface area contributed by atoms with Gasteiger partial charge in [0.15, 0.2) is 6.29 Å². The Kier molecular flexibility index (Phi) is 9.86. The molecule has 1 aliphatic rings. The minimum absolute atomic E-state index is 0.260. The summed E-state index contributed by atoms with van der Waals surface area (Å²) in [6, 6.07) is 29.8. The van der Waals surface area contributed by atoms with Gasteiger partial charge in [0, 0.05) is 0 Å². The van der Waals surface area contributed by atoms with Gasteiger partial charge in [0.05, 0.1) is 32.0 Å². The Morgan fingerprint density at radius 3 is 1.62 bits per heavy atom. The van der Waals surface area contributed by atoms with E-state index in [2.05, 4.69) is 0 Å². The van der Waals surface area contributed by atoms with E-state index in [1.165, 1.54) is 0 Å². The molecule has 0 aromatic heterocycles. The molecular weight excluding hydrogens is 468 g/mol. The lowest BCUT2D eigenvalue weighted by Crippen LogP contribution is -2.61. The van der Waals surface area contributed by atoms with E-state index in [9.17, 15) is 5.11 Å². The average Bonchev–Trinajstić information content (AvgIpc) is 2.90. The van der Waals surface area contributed by atoms with E-state index in [-0.39, 0.29) is 6.61 Å². The lowest BCUT2D eigenvalue weighted by atomic mass is 9.97. The van der Waals surface area contributed by atoms with Gasteiger partial charge in [-0.2, -0.15) is 0 Å². The molecule has 0 amide bonds. The Hall–Kier alpha value is -2.58. The van der Waals surface area contributed by atoms with Crippen LogP contribution in [0.5, 0.6) is 0 Å². The van der Waals surface area contributed by atoms with Crippen molar-refractivity contribution in [3.63, 3.8) is 0 Å². The van der Waals surface area contributed by atoms with E-state index in [0.29, 0.717) is 19.8 Å². The van der Waals surface area contributed by atoms with Crippen LogP contribution in [-0.4, -0.2) is 48.0 Å². The van der Waals surface area contributed by atoms with Crippen molar-refractivity contribution < 1.29 is 28.8 Å². The van der Waals surface area contributed by atoms with Crippen molar-refractivity contribution in [2.24, 2.45) is 0 Å². The summed E-state index contributed by atoms with van der Waals surface area (Å²) in [7, 11) is 0. The first-order valence-electron chi connectivity index (χ1n) is 12.8. The summed E-state index contributed by atoms with van der Waals surface area (Å²) in [5, 5.41) is 11.4. The van der Waals surface area contributed by atoms with Crippen LogP contribution in [0.4, 0.5) is 0 Å². The van der Waals surface area contributed by atoms with Gasteiger partial charge < -0.3 is 28.8 Å². The van der Waals surface area contributed by atoms with Gasteiger partial charge in [0.25, 0.3) is 0 Å². The number of aliphatic hydroxyl groups excluding tert-OH is 1. The number of aliphatic hydroxyl groups is 1. The van der Waals surface area contributed by atoms with Crippen LogP contribution in [0.2, 0.25) is 0 Å². The third-order valence-electron chi connectivity index (χ3n) is 6.05. The molecule has 3 aromatic carbocycles. The Morgan fingerprint density at radius 2 is 1.14 bits per heavy atom. The van der Waals surface area contributed by atoms with Gasteiger partial charge in [-0.25, -0.2) is 0 Å². The molecule has 1 heterocycles. The first-order chi connectivity index (χ1) is 17.9. The molecule has 0 unspecified atom stereocenters. The molecule has 1 aliphatic heterocycles. The third kappa shape index (κ3) is 8.47. The SMILES string of the molecule is CC(C)(C)O[C@@H]1O[C@H](COCc2ccccc2)[C@@H](OCc2ccccc2)[C@H](OCc2ccccc2)[C@@H]1O. The number of ether oxygens (including phenoxy) is 5. The van der Waals surface area contributed by atoms with Crippen LogP contribution in [0.1, 0.15) is 37.5 Å². The van der Waals surface area contributed by atoms with Gasteiger partial charge in [-0.1, -0.05) is 91.0 Å². The summed E-state index contributed by atoms with van der Waals surface area (Å²) < 4.78 is 31.2. The van der Waals surface area contributed by atoms with Crippen molar-refractivity contribution in [3.8, 4) is 0 Å².